The first kappa shape index (κ1) is 14.6. The molecule has 1 aliphatic rings. The quantitative estimate of drug-likeness (QED) is 0.917. The highest BCUT2D eigenvalue weighted by atomic mass is 19.4. The molecule has 0 aliphatic carbocycles. The lowest BCUT2D eigenvalue weighted by Gasteiger charge is -2.27. The van der Waals surface area contributed by atoms with Crippen molar-refractivity contribution >= 4 is 5.91 Å². The van der Waals surface area contributed by atoms with Crippen LogP contribution in [0.1, 0.15) is 5.56 Å². The van der Waals surface area contributed by atoms with Gasteiger partial charge in [0.05, 0.1) is 6.42 Å². The number of hydrogen-bond donors (Lipinski definition) is 1. The molecule has 1 aromatic carbocycles. The van der Waals surface area contributed by atoms with Crippen molar-refractivity contribution in [1.29, 1.82) is 0 Å². The SMILES string of the molecule is O=C(Cc1ccc(OC(F)(F)F)cc1)N1CCNCC1. The van der Waals surface area contributed by atoms with Gasteiger partial charge in [0.2, 0.25) is 5.91 Å². The van der Waals surface area contributed by atoms with Gasteiger partial charge >= 0.3 is 6.36 Å². The summed E-state index contributed by atoms with van der Waals surface area (Å²) in [5.74, 6) is -0.299. The highest BCUT2D eigenvalue weighted by molar-refractivity contribution is 5.78. The van der Waals surface area contributed by atoms with Crippen molar-refractivity contribution < 1.29 is 22.7 Å². The summed E-state index contributed by atoms with van der Waals surface area (Å²) < 4.78 is 39.8. The number of nitrogens with one attached hydrogen (secondary N) is 1. The molecule has 0 saturated carbocycles. The molecule has 2 rings (SSSR count). The van der Waals surface area contributed by atoms with Gasteiger partial charge in [-0.3, -0.25) is 4.79 Å². The monoisotopic (exact) mass is 288 g/mol. The second-order valence-electron chi connectivity index (χ2n) is 4.50. The molecule has 1 aromatic rings. The number of alkyl halides is 3. The van der Waals surface area contributed by atoms with Crippen LogP contribution in [-0.4, -0.2) is 43.3 Å². The van der Waals surface area contributed by atoms with Crippen molar-refractivity contribution in [2.45, 2.75) is 12.8 Å². The van der Waals surface area contributed by atoms with Gasteiger partial charge in [0.25, 0.3) is 0 Å². The van der Waals surface area contributed by atoms with E-state index in [9.17, 15) is 18.0 Å². The van der Waals surface area contributed by atoms with Gasteiger partial charge in [-0.2, -0.15) is 0 Å². The van der Waals surface area contributed by atoms with Crippen LogP contribution < -0.4 is 10.1 Å². The number of carbonyl (C=O) groups excluding carboxylic acids is 1. The number of rotatable bonds is 3. The minimum atomic E-state index is -4.70. The maximum atomic E-state index is 12.0. The molecule has 4 nitrogen and oxygen atoms in total. The molecule has 110 valence electrons. The molecule has 7 heteroatoms. The Labute approximate surface area is 114 Å². The van der Waals surface area contributed by atoms with E-state index >= 15 is 0 Å². The van der Waals surface area contributed by atoms with Gasteiger partial charge in [-0.25, -0.2) is 0 Å². The zero-order chi connectivity index (χ0) is 14.6. The number of carbonyl (C=O) groups is 1. The maximum Gasteiger partial charge on any atom is 0.573 e. The lowest BCUT2D eigenvalue weighted by Crippen LogP contribution is -2.46. The van der Waals surface area contributed by atoms with Crippen LogP contribution in [0.15, 0.2) is 24.3 Å². The first-order valence-electron chi connectivity index (χ1n) is 6.27. The van der Waals surface area contributed by atoms with Gasteiger partial charge in [-0.05, 0) is 17.7 Å². The molecule has 0 radical (unpaired) electrons. The Morgan fingerprint density at radius 2 is 1.80 bits per heavy atom. The number of nitrogens with zero attached hydrogens (tertiary/aromatic N) is 1. The third-order valence-corrected chi connectivity index (χ3v) is 2.98. The number of benzene rings is 1. The summed E-state index contributed by atoms with van der Waals surface area (Å²) in [6.45, 7) is 2.86. The van der Waals surface area contributed by atoms with Gasteiger partial charge in [0.1, 0.15) is 5.75 Å². The zero-order valence-electron chi connectivity index (χ0n) is 10.7. The molecule has 1 N–H and O–H groups in total. The molecular weight excluding hydrogens is 273 g/mol. The van der Waals surface area contributed by atoms with Crippen molar-refractivity contribution in [2.75, 3.05) is 26.2 Å². The minimum Gasteiger partial charge on any atom is -0.406 e. The summed E-state index contributed by atoms with van der Waals surface area (Å²) in [4.78, 5) is 13.7. The Kier molecular flexibility index (Phi) is 4.49. The molecule has 20 heavy (non-hydrogen) atoms. The standard InChI is InChI=1S/C13H15F3N2O2/c14-13(15,16)20-11-3-1-10(2-4-11)9-12(19)18-7-5-17-6-8-18/h1-4,17H,5-9H2. The van der Waals surface area contributed by atoms with Gasteiger partial charge in [0.15, 0.2) is 0 Å². The normalized spacial score (nSPS) is 16.1. The lowest BCUT2D eigenvalue weighted by molar-refractivity contribution is -0.274. The maximum absolute atomic E-state index is 12.0. The fourth-order valence-electron chi connectivity index (χ4n) is 2.01. The van der Waals surface area contributed by atoms with Crippen LogP contribution >= 0.6 is 0 Å². The predicted octanol–water partition coefficient (Wildman–Crippen LogP) is 1.56. The van der Waals surface area contributed by atoms with Crippen LogP contribution in [0.3, 0.4) is 0 Å². The number of hydrogen-bond acceptors (Lipinski definition) is 3. The fraction of sp³-hybridized carbons (Fsp3) is 0.462. The largest absolute Gasteiger partial charge is 0.573 e. The Morgan fingerprint density at radius 3 is 2.35 bits per heavy atom. The molecular formula is C13H15F3N2O2. The highest BCUT2D eigenvalue weighted by Crippen LogP contribution is 2.22. The Hall–Kier alpha value is -1.76. The van der Waals surface area contributed by atoms with E-state index in [1.807, 2.05) is 0 Å². The van der Waals surface area contributed by atoms with Crippen LogP contribution in [0, 0.1) is 0 Å². The summed E-state index contributed by atoms with van der Waals surface area (Å²) >= 11 is 0. The highest BCUT2D eigenvalue weighted by Gasteiger charge is 2.31. The second kappa shape index (κ2) is 6.13. The molecule has 1 saturated heterocycles. The van der Waals surface area contributed by atoms with Crippen molar-refractivity contribution in [3.63, 3.8) is 0 Å². The number of ether oxygens (including phenoxy) is 1. The van der Waals surface area contributed by atoms with E-state index < -0.39 is 6.36 Å². The number of piperazine rings is 1. The Bertz CT molecular complexity index is 454. The van der Waals surface area contributed by atoms with Crippen LogP contribution in [0.2, 0.25) is 0 Å². The van der Waals surface area contributed by atoms with E-state index in [1.165, 1.54) is 24.3 Å². The molecule has 1 aliphatic heterocycles. The average Bonchev–Trinajstić information content (AvgIpc) is 2.40. The van der Waals surface area contributed by atoms with Gasteiger partial charge in [0, 0.05) is 26.2 Å². The lowest BCUT2D eigenvalue weighted by atomic mass is 10.1. The zero-order valence-corrected chi connectivity index (χ0v) is 10.7. The molecule has 1 heterocycles. The molecule has 0 bridgehead atoms. The summed E-state index contributed by atoms with van der Waals surface area (Å²) in [5, 5.41) is 3.15. The van der Waals surface area contributed by atoms with Crippen molar-refractivity contribution in [1.82, 2.24) is 10.2 Å². The number of amides is 1. The molecule has 0 atom stereocenters. The van der Waals surface area contributed by atoms with Crippen molar-refractivity contribution in [3.8, 4) is 5.75 Å². The second-order valence-corrected chi connectivity index (χ2v) is 4.50. The molecule has 1 amide bonds. The van der Waals surface area contributed by atoms with Crippen LogP contribution in [0.25, 0.3) is 0 Å². The van der Waals surface area contributed by atoms with Gasteiger partial charge in [-0.1, -0.05) is 12.1 Å². The molecule has 0 aromatic heterocycles. The van der Waals surface area contributed by atoms with Crippen molar-refractivity contribution in [3.05, 3.63) is 29.8 Å². The summed E-state index contributed by atoms with van der Waals surface area (Å²) in [7, 11) is 0. The smallest absolute Gasteiger partial charge is 0.406 e. The molecule has 0 spiro atoms. The van der Waals surface area contributed by atoms with E-state index in [-0.39, 0.29) is 18.1 Å². The third-order valence-electron chi connectivity index (χ3n) is 2.98. The van der Waals surface area contributed by atoms with Crippen molar-refractivity contribution in [2.24, 2.45) is 0 Å². The summed E-state index contributed by atoms with van der Waals surface area (Å²) in [5.41, 5.74) is 0.669. The number of halogens is 3. The molecule has 0 unspecified atom stereocenters. The van der Waals surface area contributed by atoms with E-state index in [0.29, 0.717) is 18.7 Å². The summed E-state index contributed by atoms with van der Waals surface area (Å²) in [6, 6.07) is 5.38. The summed E-state index contributed by atoms with van der Waals surface area (Å²) in [6.07, 6.45) is -4.51. The van der Waals surface area contributed by atoms with E-state index in [2.05, 4.69) is 10.1 Å². The Morgan fingerprint density at radius 1 is 1.20 bits per heavy atom. The van der Waals surface area contributed by atoms with Crippen LogP contribution in [0.5, 0.6) is 5.75 Å². The predicted molar refractivity (Wildman–Crippen MR) is 66.3 cm³/mol. The Balaban J connectivity index is 1.91. The van der Waals surface area contributed by atoms with Gasteiger partial charge < -0.3 is 15.0 Å². The molecule has 1 fully saturated rings. The third kappa shape index (κ3) is 4.41. The topological polar surface area (TPSA) is 41.6 Å². The van der Waals surface area contributed by atoms with E-state index in [1.54, 1.807) is 4.90 Å². The van der Waals surface area contributed by atoms with Crippen LogP contribution in [0.4, 0.5) is 13.2 Å². The average molecular weight is 288 g/mol. The fourth-order valence-corrected chi connectivity index (χ4v) is 2.01. The first-order valence-corrected chi connectivity index (χ1v) is 6.27. The van der Waals surface area contributed by atoms with E-state index in [0.717, 1.165) is 13.1 Å². The van der Waals surface area contributed by atoms with Crippen LogP contribution in [-0.2, 0) is 11.2 Å². The van der Waals surface area contributed by atoms with Gasteiger partial charge in [-0.15, -0.1) is 13.2 Å². The minimum absolute atomic E-state index is 0.0176. The van der Waals surface area contributed by atoms with E-state index in [4.69, 9.17) is 0 Å². The first-order chi connectivity index (χ1) is 9.44.